The van der Waals surface area contributed by atoms with Gasteiger partial charge in [-0.3, -0.25) is 4.99 Å². The molecule has 0 radical (unpaired) electrons. The molecular formula is C14H16N2O. The second-order valence-corrected chi connectivity index (χ2v) is 4.05. The van der Waals surface area contributed by atoms with Crippen molar-refractivity contribution in [3.63, 3.8) is 0 Å². The smallest absolute Gasteiger partial charge is 0.0985 e. The molecule has 1 heterocycles. The Kier molecular flexibility index (Phi) is 3.73. The molecule has 0 aliphatic rings. The summed E-state index contributed by atoms with van der Waals surface area (Å²) in [5.41, 5.74) is 3.04. The van der Waals surface area contributed by atoms with E-state index in [1.165, 1.54) is 5.56 Å². The van der Waals surface area contributed by atoms with Crippen molar-refractivity contribution in [2.24, 2.45) is 4.99 Å². The van der Waals surface area contributed by atoms with Gasteiger partial charge in [0.15, 0.2) is 0 Å². The van der Waals surface area contributed by atoms with Crippen LogP contribution in [-0.2, 0) is 0 Å². The van der Waals surface area contributed by atoms with Gasteiger partial charge in [0.1, 0.15) is 0 Å². The molecule has 0 aliphatic heterocycles. The summed E-state index contributed by atoms with van der Waals surface area (Å²) in [5.74, 6) is 0. The van der Waals surface area contributed by atoms with E-state index in [0.29, 0.717) is 6.54 Å². The fraction of sp³-hybridized carbons (Fsp3) is 0.214. The molecule has 1 atom stereocenters. The number of nitrogens with one attached hydrogen (secondary N) is 1. The molecule has 0 unspecified atom stereocenters. The highest BCUT2D eigenvalue weighted by Crippen LogP contribution is 2.13. The van der Waals surface area contributed by atoms with Crippen LogP contribution in [0.2, 0.25) is 0 Å². The van der Waals surface area contributed by atoms with Crippen LogP contribution in [0.1, 0.15) is 22.9 Å². The molecule has 0 amide bonds. The maximum Gasteiger partial charge on any atom is 0.0985 e. The minimum atomic E-state index is -0.540. The van der Waals surface area contributed by atoms with Gasteiger partial charge in [-0.25, -0.2) is 0 Å². The zero-order valence-corrected chi connectivity index (χ0v) is 9.80. The summed E-state index contributed by atoms with van der Waals surface area (Å²) in [5, 5.41) is 9.92. The molecule has 0 fully saturated rings. The van der Waals surface area contributed by atoms with Crippen molar-refractivity contribution in [1.82, 2.24) is 4.98 Å². The first kappa shape index (κ1) is 11.6. The summed E-state index contributed by atoms with van der Waals surface area (Å²) in [6.07, 6.45) is 3.04. The molecule has 88 valence electrons. The number of aliphatic imine (C=N–C) groups is 1. The molecule has 2 aromatic rings. The Morgan fingerprint density at radius 1 is 1.29 bits per heavy atom. The molecular weight excluding hydrogens is 212 g/mol. The average molecular weight is 228 g/mol. The molecule has 0 saturated carbocycles. The topological polar surface area (TPSA) is 48.4 Å². The van der Waals surface area contributed by atoms with E-state index in [2.05, 4.69) is 9.98 Å². The summed E-state index contributed by atoms with van der Waals surface area (Å²) in [6.45, 7) is 2.40. The van der Waals surface area contributed by atoms with E-state index in [9.17, 15) is 5.11 Å². The molecule has 17 heavy (non-hydrogen) atoms. The second kappa shape index (κ2) is 5.46. The highest BCUT2D eigenvalue weighted by atomic mass is 16.3. The Labute approximate surface area is 101 Å². The summed E-state index contributed by atoms with van der Waals surface area (Å²) in [6, 6.07) is 11.7. The van der Waals surface area contributed by atoms with E-state index < -0.39 is 6.10 Å². The summed E-state index contributed by atoms with van der Waals surface area (Å²) in [7, 11) is 0. The quantitative estimate of drug-likeness (QED) is 0.776. The van der Waals surface area contributed by atoms with Gasteiger partial charge in [0, 0.05) is 12.4 Å². The monoisotopic (exact) mass is 228 g/mol. The molecule has 0 saturated heterocycles. The maximum absolute atomic E-state index is 9.92. The molecule has 0 bridgehead atoms. The van der Waals surface area contributed by atoms with Gasteiger partial charge in [0.2, 0.25) is 0 Å². The number of aliphatic hydroxyl groups excluding tert-OH is 1. The average Bonchev–Trinajstić information content (AvgIpc) is 2.83. The van der Waals surface area contributed by atoms with Crippen molar-refractivity contribution in [3.05, 3.63) is 59.4 Å². The van der Waals surface area contributed by atoms with Crippen LogP contribution in [0.4, 0.5) is 0 Å². The molecule has 2 rings (SSSR count). The lowest BCUT2D eigenvalue weighted by Gasteiger charge is -2.07. The van der Waals surface area contributed by atoms with Crippen molar-refractivity contribution < 1.29 is 5.11 Å². The molecule has 3 heteroatoms. The van der Waals surface area contributed by atoms with E-state index in [-0.39, 0.29) is 0 Å². The summed E-state index contributed by atoms with van der Waals surface area (Å²) >= 11 is 0. The first-order valence-electron chi connectivity index (χ1n) is 5.63. The maximum atomic E-state index is 9.92. The van der Waals surface area contributed by atoms with E-state index in [0.717, 1.165) is 11.3 Å². The van der Waals surface area contributed by atoms with Crippen LogP contribution in [0.15, 0.2) is 47.6 Å². The van der Waals surface area contributed by atoms with Gasteiger partial charge in [-0.2, -0.15) is 0 Å². The Morgan fingerprint density at radius 3 is 2.71 bits per heavy atom. The van der Waals surface area contributed by atoms with Crippen LogP contribution in [-0.4, -0.2) is 22.8 Å². The Hall–Kier alpha value is -1.87. The largest absolute Gasteiger partial charge is 0.386 e. The predicted molar refractivity (Wildman–Crippen MR) is 69.4 cm³/mol. The van der Waals surface area contributed by atoms with Gasteiger partial charge in [0.25, 0.3) is 0 Å². The predicted octanol–water partition coefficient (Wildman–Crippen LogP) is 2.48. The number of aliphatic hydroxyl groups is 1. The molecule has 0 aliphatic carbocycles. The molecule has 0 spiro atoms. The SMILES string of the molecule is Cc1ccc([C@@H](O)CN=Cc2ccc[nH]2)cc1. The van der Waals surface area contributed by atoms with Crippen LogP contribution in [0, 0.1) is 6.92 Å². The number of aromatic amines is 1. The number of H-pyrrole nitrogens is 1. The van der Waals surface area contributed by atoms with Gasteiger partial charge in [0.05, 0.1) is 18.3 Å². The van der Waals surface area contributed by atoms with Crippen molar-refractivity contribution >= 4 is 6.21 Å². The first-order chi connectivity index (χ1) is 8.25. The number of nitrogens with zero attached hydrogens (tertiary/aromatic N) is 1. The van der Waals surface area contributed by atoms with Crippen LogP contribution >= 0.6 is 0 Å². The fourth-order valence-corrected chi connectivity index (χ4v) is 1.57. The van der Waals surface area contributed by atoms with Crippen molar-refractivity contribution in [1.29, 1.82) is 0 Å². The van der Waals surface area contributed by atoms with E-state index in [1.807, 2.05) is 49.5 Å². The lowest BCUT2D eigenvalue weighted by atomic mass is 10.1. The Morgan fingerprint density at radius 2 is 2.06 bits per heavy atom. The van der Waals surface area contributed by atoms with Crippen molar-refractivity contribution in [2.45, 2.75) is 13.0 Å². The van der Waals surface area contributed by atoms with Gasteiger partial charge in [-0.05, 0) is 24.6 Å². The zero-order chi connectivity index (χ0) is 12.1. The molecule has 3 nitrogen and oxygen atoms in total. The number of aryl methyl sites for hydroxylation is 1. The van der Waals surface area contributed by atoms with Crippen LogP contribution in [0.25, 0.3) is 0 Å². The number of benzene rings is 1. The van der Waals surface area contributed by atoms with Gasteiger partial charge < -0.3 is 10.1 Å². The fourth-order valence-electron chi connectivity index (χ4n) is 1.57. The summed E-state index contributed by atoms with van der Waals surface area (Å²) in [4.78, 5) is 7.23. The molecule has 1 aromatic carbocycles. The highest BCUT2D eigenvalue weighted by molar-refractivity contribution is 5.76. The van der Waals surface area contributed by atoms with E-state index >= 15 is 0 Å². The third-order valence-corrected chi connectivity index (χ3v) is 2.59. The highest BCUT2D eigenvalue weighted by Gasteiger charge is 2.04. The zero-order valence-electron chi connectivity index (χ0n) is 9.80. The molecule has 1 aromatic heterocycles. The number of hydrogen-bond donors (Lipinski definition) is 2. The lowest BCUT2D eigenvalue weighted by molar-refractivity contribution is 0.187. The first-order valence-corrected chi connectivity index (χ1v) is 5.63. The van der Waals surface area contributed by atoms with E-state index in [1.54, 1.807) is 6.21 Å². The van der Waals surface area contributed by atoms with Crippen molar-refractivity contribution in [3.8, 4) is 0 Å². The number of rotatable bonds is 4. The standard InChI is InChI=1S/C14H16N2O/c1-11-4-6-12(7-5-11)14(17)10-15-9-13-3-2-8-16-13/h2-9,14,16-17H,10H2,1H3/t14-/m0/s1. The van der Waals surface area contributed by atoms with Crippen LogP contribution in [0.3, 0.4) is 0 Å². The second-order valence-electron chi connectivity index (χ2n) is 4.05. The third kappa shape index (κ3) is 3.29. The van der Waals surface area contributed by atoms with Crippen LogP contribution < -0.4 is 0 Å². The normalized spacial score (nSPS) is 13.1. The van der Waals surface area contributed by atoms with Gasteiger partial charge in [-0.1, -0.05) is 29.8 Å². The van der Waals surface area contributed by atoms with Crippen molar-refractivity contribution in [2.75, 3.05) is 6.54 Å². The van der Waals surface area contributed by atoms with E-state index in [4.69, 9.17) is 0 Å². The van der Waals surface area contributed by atoms with Gasteiger partial charge >= 0.3 is 0 Å². The summed E-state index contributed by atoms with van der Waals surface area (Å²) < 4.78 is 0. The number of hydrogen-bond acceptors (Lipinski definition) is 2. The third-order valence-electron chi connectivity index (χ3n) is 2.59. The lowest BCUT2D eigenvalue weighted by Crippen LogP contribution is -2.01. The Bertz CT molecular complexity index is 471. The minimum Gasteiger partial charge on any atom is -0.386 e. The Balaban J connectivity index is 1.93. The van der Waals surface area contributed by atoms with Crippen LogP contribution in [0.5, 0.6) is 0 Å². The minimum absolute atomic E-state index is 0.377. The number of aromatic nitrogens is 1. The molecule has 2 N–H and O–H groups in total. The van der Waals surface area contributed by atoms with Gasteiger partial charge in [-0.15, -0.1) is 0 Å².